The summed E-state index contributed by atoms with van der Waals surface area (Å²) in [5, 5.41) is 9.76. The number of nitrogens with one attached hydrogen (secondary N) is 1. The fraction of sp³-hybridized carbons (Fsp3) is 0.136. The molecule has 8 heteroatoms. The van der Waals surface area contributed by atoms with Crippen LogP contribution in [-0.2, 0) is 24.4 Å². The predicted octanol–water partition coefficient (Wildman–Crippen LogP) is 4.29. The molecule has 0 spiro atoms. The average Bonchev–Trinajstić information content (AvgIpc) is 3.38. The molecule has 2 aromatic heterocycles. The van der Waals surface area contributed by atoms with E-state index >= 15 is 0 Å². The van der Waals surface area contributed by atoms with Gasteiger partial charge < -0.3 is 10.1 Å². The van der Waals surface area contributed by atoms with Crippen LogP contribution in [0.5, 0.6) is 5.75 Å². The summed E-state index contributed by atoms with van der Waals surface area (Å²) in [5.41, 5.74) is 1.77. The molecule has 0 aliphatic rings. The maximum atomic E-state index is 12.9. The molecule has 0 bridgehead atoms. The molecule has 0 unspecified atom stereocenters. The molecular formula is C22H19FN4O2S. The number of nitrogens with zero attached hydrogens (tertiary/aromatic N) is 3. The maximum absolute atomic E-state index is 12.9. The summed E-state index contributed by atoms with van der Waals surface area (Å²) in [4.78, 5) is 16.9. The van der Waals surface area contributed by atoms with Crippen molar-refractivity contribution in [1.82, 2.24) is 14.8 Å². The molecule has 0 aliphatic heterocycles. The standard InChI is InChI=1S/C22H19FN4O2S/c23-17-6-8-19(9-7-17)29-14-22-25-18(15-30-22)12-21(28)26-20-10-11-24-27(20)13-16-4-2-1-3-5-16/h1-11,15H,12-14H2,(H,26,28). The van der Waals surface area contributed by atoms with Gasteiger partial charge in [0, 0.05) is 11.4 Å². The van der Waals surface area contributed by atoms with E-state index in [9.17, 15) is 9.18 Å². The first-order valence-electron chi connectivity index (χ1n) is 9.33. The van der Waals surface area contributed by atoms with Gasteiger partial charge in [0.2, 0.25) is 5.91 Å². The average molecular weight is 422 g/mol. The van der Waals surface area contributed by atoms with Gasteiger partial charge in [0.1, 0.15) is 29.0 Å². The van der Waals surface area contributed by atoms with Crippen molar-refractivity contribution in [3.8, 4) is 5.75 Å². The van der Waals surface area contributed by atoms with Gasteiger partial charge in [0.15, 0.2) is 0 Å². The van der Waals surface area contributed by atoms with E-state index in [1.165, 1.54) is 23.5 Å². The lowest BCUT2D eigenvalue weighted by molar-refractivity contribution is -0.115. The van der Waals surface area contributed by atoms with Gasteiger partial charge in [-0.05, 0) is 29.8 Å². The van der Waals surface area contributed by atoms with Crippen LogP contribution >= 0.6 is 11.3 Å². The number of amides is 1. The fourth-order valence-electron chi connectivity index (χ4n) is 2.85. The van der Waals surface area contributed by atoms with E-state index in [1.54, 1.807) is 29.1 Å². The first kappa shape index (κ1) is 19.8. The Balaban J connectivity index is 1.31. The summed E-state index contributed by atoms with van der Waals surface area (Å²) in [6.45, 7) is 0.840. The highest BCUT2D eigenvalue weighted by atomic mass is 32.1. The Morgan fingerprint density at radius 1 is 1.10 bits per heavy atom. The summed E-state index contributed by atoms with van der Waals surface area (Å²) in [5.74, 6) is 0.729. The van der Waals surface area contributed by atoms with Gasteiger partial charge >= 0.3 is 0 Å². The number of thiazole rings is 1. The Morgan fingerprint density at radius 2 is 1.90 bits per heavy atom. The molecular weight excluding hydrogens is 403 g/mol. The third kappa shape index (κ3) is 5.30. The van der Waals surface area contributed by atoms with Crippen molar-refractivity contribution in [3.05, 3.63) is 94.3 Å². The minimum absolute atomic E-state index is 0.156. The number of hydrogen-bond acceptors (Lipinski definition) is 5. The minimum Gasteiger partial charge on any atom is -0.486 e. The molecule has 0 saturated carbocycles. The summed E-state index contributed by atoms with van der Waals surface area (Å²) in [6.07, 6.45) is 1.82. The SMILES string of the molecule is O=C(Cc1csc(COc2ccc(F)cc2)n1)Nc1ccnn1Cc1ccccc1. The lowest BCUT2D eigenvalue weighted by Crippen LogP contribution is -2.18. The Morgan fingerprint density at radius 3 is 2.70 bits per heavy atom. The molecule has 152 valence electrons. The van der Waals surface area contributed by atoms with Crippen molar-refractivity contribution in [1.29, 1.82) is 0 Å². The van der Waals surface area contributed by atoms with Crippen LogP contribution < -0.4 is 10.1 Å². The molecule has 30 heavy (non-hydrogen) atoms. The van der Waals surface area contributed by atoms with Crippen molar-refractivity contribution in [2.75, 3.05) is 5.32 Å². The molecule has 2 aromatic carbocycles. The Bertz CT molecular complexity index is 1110. The number of aromatic nitrogens is 3. The number of carbonyl (C=O) groups excluding carboxylic acids is 1. The highest BCUT2D eigenvalue weighted by molar-refractivity contribution is 7.09. The van der Waals surface area contributed by atoms with Gasteiger partial charge in [-0.1, -0.05) is 30.3 Å². The normalized spacial score (nSPS) is 10.7. The van der Waals surface area contributed by atoms with E-state index in [4.69, 9.17) is 4.74 Å². The van der Waals surface area contributed by atoms with Crippen molar-refractivity contribution in [2.45, 2.75) is 19.6 Å². The van der Waals surface area contributed by atoms with Crippen molar-refractivity contribution in [2.24, 2.45) is 0 Å². The van der Waals surface area contributed by atoms with E-state index in [0.29, 0.717) is 23.8 Å². The third-order valence-electron chi connectivity index (χ3n) is 4.28. The van der Waals surface area contributed by atoms with Gasteiger partial charge in [-0.3, -0.25) is 4.79 Å². The first-order chi connectivity index (χ1) is 14.7. The van der Waals surface area contributed by atoms with Crippen LogP contribution in [0.25, 0.3) is 0 Å². The topological polar surface area (TPSA) is 69.0 Å². The first-order valence-corrected chi connectivity index (χ1v) is 10.2. The van der Waals surface area contributed by atoms with Crippen molar-refractivity contribution < 1.29 is 13.9 Å². The lowest BCUT2D eigenvalue weighted by Gasteiger charge is -2.08. The number of anilines is 1. The second-order valence-corrected chi connectivity index (χ2v) is 7.50. The van der Waals surface area contributed by atoms with Crippen LogP contribution in [0.4, 0.5) is 10.2 Å². The molecule has 0 radical (unpaired) electrons. The monoisotopic (exact) mass is 422 g/mol. The highest BCUT2D eigenvalue weighted by Gasteiger charge is 2.11. The number of carbonyl (C=O) groups is 1. The summed E-state index contributed by atoms with van der Waals surface area (Å²) in [6, 6.07) is 17.5. The largest absolute Gasteiger partial charge is 0.486 e. The van der Waals surface area contributed by atoms with Gasteiger partial charge in [-0.25, -0.2) is 14.1 Å². The molecule has 2 heterocycles. The Kier molecular flexibility index (Phi) is 6.14. The van der Waals surface area contributed by atoms with Gasteiger partial charge in [-0.2, -0.15) is 5.10 Å². The quantitative estimate of drug-likeness (QED) is 0.460. The third-order valence-corrected chi connectivity index (χ3v) is 5.15. The molecule has 4 aromatic rings. The number of ether oxygens (including phenoxy) is 1. The molecule has 0 saturated heterocycles. The minimum atomic E-state index is -0.310. The van der Waals surface area contributed by atoms with Crippen LogP contribution in [0.1, 0.15) is 16.3 Å². The van der Waals surface area contributed by atoms with Crippen LogP contribution in [0.15, 0.2) is 72.2 Å². The summed E-state index contributed by atoms with van der Waals surface area (Å²) < 4.78 is 20.3. The number of benzene rings is 2. The highest BCUT2D eigenvalue weighted by Crippen LogP contribution is 2.17. The Hall–Kier alpha value is -3.52. The van der Waals surface area contributed by atoms with Crippen molar-refractivity contribution in [3.63, 3.8) is 0 Å². The van der Waals surface area contributed by atoms with Crippen LogP contribution in [0.3, 0.4) is 0 Å². The fourth-order valence-corrected chi connectivity index (χ4v) is 3.55. The molecule has 0 atom stereocenters. The zero-order valence-corrected chi connectivity index (χ0v) is 16.8. The molecule has 0 aliphatic carbocycles. The number of hydrogen-bond donors (Lipinski definition) is 1. The van der Waals surface area contributed by atoms with Gasteiger partial charge in [-0.15, -0.1) is 11.3 Å². The molecule has 1 amide bonds. The van der Waals surface area contributed by atoms with Crippen LogP contribution in [0.2, 0.25) is 0 Å². The van der Waals surface area contributed by atoms with E-state index in [1.807, 2.05) is 35.7 Å². The lowest BCUT2D eigenvalue weighted by atomic mass is 10.2. The van der Waals surface area contributed by atoms with Crippen LogP contribution in [0, 0.1) is 5.82 Å². The van der Waals surface area contributed by atoms with E-state index in [0.717, 1.165) is 10.6 Å². The van der Waals surface area contributed by atoms with Crippen molar-refractivity contribution >= 4 is 23.1 Å². The molecule has 6 nitrogen and oxygen atoms in total. The number of rotatable bonds is 8. The van der Waals surface area contributed by atoms with E-state index in [-0.39, 0.29) is 24.8 Å². The summed E-state index contributed by atoms with van der Waals surface area (Å²) in [7, 11) is 0. The molecule has 0 fully saturated rings. The summed E-state index contributed by atoms with van der Waals surface area (Å²) >= 11 is 1.42. The van der Waals surface area contributed by atoms with Gasteiger partial charge in [0.25, 0.3) is 0 Å². The second-order valence-electron chi connectivity index (χ2n) is 6.56. The van der Waals surface area contributed by atoms with Gasteiger partial charge in [0.05, 0.1) is 24.9 Å². The smallest absolute Gasteiger partial charge is 0.231 e. The predicted molar refractivity (Wildman–Crippen MR) is 113 cm³/mol. The second kappa shape index (κ2) is 9.32. The maximum Gasteiger partial charge on any atom is 0.231 e. The van der Waals surface area contributed by atoms with E-state index < -0.39 is 0 Å². The Labute approximate surface area is 177 Å². The molecule has 4 rings (SSSR count). The molecule has 1 N–H and O–H groups in total. The van der Waals surface area contributed by atoms with E-state index in [2.05, 4.69) is 15.4 Å². The number of halogens is 1. The zero-order valence-electron chi connectivity index (χ0n) is 16.0. The van der Waals surface area contributed by atoms with Crippen LogP contribution in [-0.4, -0.2) is 20.7 Å². The zero-order chi connectivity index (χ0) is 20.8.